The standard InChI is InChI=1S/C22H15ClN6OS2/c23-14-4-1-3-13(11-14)19-20(31-22-26-10-8-18(30)29(19)22)17-7-9-25-21(28-17)27-15-5-2-6-16(12-15)32-24/h1-12H,24H2,(H,25,27,28). The van der Waals surface area contributed by atoms with E-state index < -0.39 is 0 Å². The fourth-order valence-corrected chi connectivity index (χ4v) is 4.94. The Bertz CT molecular complexity index is 1500. The van der Waals surface area contributed by atoms with Crippen LogP contribution < -0.4 is 16.0 Å². The Labute approximate surface area is 196 Å². The van der Waals surface area contributed by atoms with E-state index in [0.717, 1.165) is 21.0 Å². The lowest BCUT2D eigenvalue weighted by molar-refractivity contribution is 1.08. The number of hydrogen-bond acceptors (Lipinski definition) is 8. The number of thiazole rings is 1. The van der Waals surface area contributed by atoms with Gasteiger partial charge in [-0.1, -0.05) is 41.1 Å². The molecule has 0 amide bonds. The monoisotopic (exact) mass is 478 g/mol. The number of nitrogens with two attached hydrogens (primary N) is 1. The van der Waals surface area contributed by atoms with Gasteiger partial charge in [0, 0.05) is 39.6 Å². The Morgan fingerprint density at radius 3 is 2.72 bits per heavy atom. The molecule has 2 aromatic carbocycles. The molecule has 0 saturated heterocycles. The highest BCUT2D eigenvalue weighted by Gasteiger charge is 2.19. The maximum absolute atomic E-state index is 12.7. The number of benzene rings is 2. The summed E-state index contributed by atoms with van der Waals surface area (Å²) in [5, 5.41) is 9.45. The lowest BCUT2D eigenvalue weighted by Crippen LogP contribution is -2.12. The fraction of sp³-hybridized carbons (Fsp3) is 0. The third-order valence-corrected chi connectivity index (χ3v) is 6.50. The van der Waals surface area contributed by atoms with E-state index in [1.807, 2.05) is 42.5 Å². The van der Waals surface area contributed by atoms with Crippen LogP contribution in [0.4, 0.5) is 11.6 Å². The third kappa shape index (κ3) is 3.98. The van der Waals surface area contributed by atoms with Crippen molar-refractivity contribution in [1.29, 1.82) is 0 Å². The highest BCUT2D eigenvalue weighted by Crippen LogP contribution is 2.38. The van der Waals surface area contributed by atoms with Crippen LogP contribution in [0.5, 0.6) is 0 Å². The molecule has 5 rings (SSSR count). The van der Waals surface area contributed by atoms with Crippen LogP contribution in [0, 0.1) is 0 Å². The van der Waals surface area contributed by atoms with Crippen molar-refractivity contribution in [2.45, 2.75) is 4.90 Å². The minimum absolute atomic E-state index is 0.170. The zero-order chi connectivity index (χ0) is 22.1. The van der Waals surface area contributed by atoms with Gasteiger partial charge in [0.1, 0.15) is 0 Å². The van der Waals surface area contributed by atoms with Gasteiger partial charge in [-0.15, -0.1) is 0 Å². The molecule has 32 heavy (non-hydrogen) atoms. The zero-order valence-corrected chi connectivity index (χ0v) is 18.8. The fourth-order valence-electron chi connectivity index (χ4n) is 3.30. The average molecular weight is 479 g/mol. The molecule has 0 radical (unpaired) electrons. The topological polar surface area (TPSA) is 98.2 Å². The van der Waals surface area contributed by atoms with E-state index in [2.05, 4.69) is 15.3 Å². The Morgan fingerprint density at radius 2 is 1.88 bits per heavy atom. The lowest BCUT2D eigenvalue weighted by Gasteiger charge is -2.09. The van der Waals surface area contributed by atoms with Gasteiger partial charge < -0.3 is 5.32 Å². The summed E-state index contributed by atoms with van der Waals surface area (Å²) in [5.41, 5.74) is 2.81. The van der Waals surface area contributed by atoms with Crippen LogP contribution in [0.1, 0.15) is 0 Å². The molecule has 3 heterocycles. The number of halogens is 1. The summed E-state index contributed by atoms with van der Waals surface area (Å²) >= 11 is 8.80. The van der Waals surface area contributed by atoms with E-state index in [0.29, 0.717) is 27.3 Å². The molecule has 10 heteroatoms. The largest absolute Gasteiger partial charge is 0.324 e. The van der Waals surface area contributed by atoms with E-state index in [1.165, 1.54) is 35.5 Å². The maximum Gasteiger partial charge on any atom is 0.258 e. The van der Waals surface area contributed by atoms with Crippen molar-refractivity contribution in [3.8, 4) is 21.8 Å². The van der Waals surface area contributed by atoms with Crippen LogP contribution in [0.25, 0.3) is 26.8 Å². The summed E-state index contributed by atoms with van der Waals surface area (Å²) in [6.07, 6.45) is 3.18. The highest BCUT2D eigenvalue weighted by molar-refractivity contribution is 7.97. The summed E-state index contributed by atoms with van der Waals surface area (Å²) in [5.74, 6) is 0.427. The summed E-state index contributed by atoms with van der Waals surface area (Å²) in [4.78, 5) is 28.4. The van der Waals surface area contributed by atoms with Crippen molar-refractivity contribution in [2.24, 2.45) is 5.14 Å². The average Bonchev–Trinajstić information content (AvgIpc) is 3.20. The van der Waals surface area contributed by atoms with E-state index in [-0.39, 0.29) is 5.56 Å². The van der Waals surface area contributed by atoms with Crippen LogP contribution in [0.15, 0.2) is 82.7 Å². The first-order chi connectivity index (χ1) is 15.6. The first kappa shape index (κ1) is 20.7. The minimum Gasteiger partial charge on any atom is -0.324 e. The van der Waals surface area contributed by atoms with Crippen LogP contribution in [0.2, 0.25) is 5.02 Å². The zero-order valence-electron chi connectivity index (χ0n) is 16.4. The van der Waals surface area contributed by atoms with Gasteiger partial charge in [-0.2, -0.15) is 0 Å². The number of fused-ring (bicyclic) bond motifs is 1. The number of nitrogens with one attached hydrogen (secondary N) is 1. The molecule has 0 aliphatic rings. The van der Waals surface area contributed by atoms with E-state index >= 15 is 0 Å². The first-order valence-electron chi connectivity index (χ1n) is 9.46. The van der Waals surface area contributed by atoms with Crippen molar-refractivity contribution in [3.05, 3.63) is 88.4 Å². The summed E-state index contributed by atoms with van der Waals surface area (Å²) < 4.78 is 1.59. The molecule has 0 unspecified atom stereocenters. The smallest absolute Gasteiger partial charge is 0.258 e. The van der Waals surface area contributed by atoms with Crippen molar-refractivity contribution in [3.63, 3.8) is 0 Å². The quantitative estimate of drug-likeness (QED) is 0.333. The molecule has 5 aromatic rings. The Hall–Kier alpha value is -3.24. The number of rotatable bonds is 5. The van der Waals surface area contributed by atoms with E-state index in [9.17, 15) is 4.79 Å². The SMILES string of the molecule is NSc1cccc(Nc2nccc(-c3sc4nccc(=O)n4c3-c3cccc(Cl)c3)n2)c1. The van der Waals surface area contributed by atoms with E-state index in [1.54, 1.807) is 22.7 Å². The summed E-state index contributed by atoms with van der Waals surface area (Å²) in [6.45, 7) is 0. The molecule has 3 aromatic heterocycles. The van der Waals surface area contributed by atoms with Gasteiger partial charge in [-0.3, -0.25) is 14.3 Å². The van der Waals surface area contributed by atoms with Crippen LogP contribution in [-0.4, -0.2) is 19.4 Å². The number of nitrogens with zero attached hydrogens (tertiary/aromatic N) is 4. The second-order valence-corrected chi connectivity index (χ2v) is 8.85. The number of anilines is 2. The molecular formula is C22H15ClN6OS2. The van der Waals surface area contributed by atoms with Gasteiger partial charge in [0.2, 0.25) is 5.95 Å². The Kier molecular flexibility index (Phi) is 5.62. The highest BCUT2D eigenvalue weighted by atomic mass is 35.5. The van der Waals surface area contributed by atoms with Crippen LogP contribution >= 0.6 is 34.9 Å². The van der Waals surface area contributed by atoms with Gasteiger partial charge in [0.15, 0.2) is 4.96 Å². The lowest BCUT2D eigenvalue weighted by atomic mass is 10.1. The molecule has 0 aliphatic carbocycles. The predicted octanol–water partition coefficient (Wildman–Crippen LogP) is 5.24. The Balaban J connectivity index is 1.65. The van der Waals surface area contributed by atoms with Crippen molar-refractivity contribution < 1.29 is 0 Å². The molecule has 0 aliphatic heterocycles. The van der Waals surface area contributed by atoms with Gasteiger partial charge in [-0.25, -0.2) is 15.0 Å². The molecule has 158 valence electrons. The van der Waals surface area contributed by atoms with Gasteiger partial charge in [-0.05, 0) is 48.3 Å². The van der Waals surface area contributed by atoms with Crippen LogP contribution in [0.3, 0.4) is 0 Å². The maximum atomic E-state index is 12.7. The molecule has 0 saturated carbocycles. The third-order valence-electron chi connectivity index (χ3n) is 4.66. The second kappa shape index (κ2) is 8.71. The molecule has 0 atom stereocenters. The normalized spacial score (nSPS) is 11.1. The summed E-state index contributed by atoms with van der Waals surface area (Å²) in [6, 6.07) is 18.3. The van der Waals surface area contributed by atoms with E-state index in [4.69, 9.17) is 21.7 Å². The van der Waals surface area contributed by atoms with Crippen LogP contribution in [-0.2, 0) is 0 Å². The van der Waals surface area contributed by atoms with Crippen molar-refractivity contribution >= 4 is 51.5 Å². The van der Waals surface area contributed by atoms with Crippen molar-refractivity contribution in [1.82, 2.24) is 19.4 Å². The molecular weight excluding hydrogens is 464 g/mol. The van der Waals surface area contributed by atoms with Crippen molar-refractivity contribution in [2.75, 3.05) is 5.32 Å². The molecule has 7 nitrogen and oxygen atoms in total. The van der Waals surface area contributed by atoms with Gasteiger partial charge >= 0.3 is 0 Å². The van der Waals surface area contributed by atoms with Gasteiger partial charge in [0.25, 0.3) is 5.56 Å². The number of hydrogen-bond donors (Lipinski definition) is 2. The molecule has 0 spiro atoms. The van der Waals surface area contributed by atoms with Gasteiger partial charge in [0.05, 0.1) is 16.3 Å². The number of aromatic nitrogens is 4. The molecule has 3 N–H and O–H groups in total. The molecule has 0 fully saturated rings. The first-order valence-corrected chi connectivity index (χ1v) is 11.5. The Morgan fingerprint density at radius 1 is 1.03 bits per heavy atom. The molecule has 0 bridgehead atoms. The minimum atomic E-state index is -0.170. The summed E-state index contributed by atoms with van der Waals surface area (Å²) in [7, 11) is 0. The second-order valence-electron chi connectivity index (χ2n) is 6.73. The predicted molar refractivity (Wildman–Crippen MR) is 131 cm³/mol.